The van der Waals surface area contributed by atoms with Gasteiger partial charge in [0.2, 0.25) is 5.91 Å². The SMILES string of the molecule is CN1CCCC1/C=C/C(=O)N1CCCC1. The molecule has 0 aromatic heterocycles. The Hall–Kier alpha value is -0.830. The van der Waals surface area contributed by atoms with Gasteiger partial charge in [0, 0.05) is 25.2 Å². The van der Waals surface area contributed by atoms with Crippen molar-refractivity contribution in [3.63, 3.8) is 0 Å². The summed E-state index contributed by atoms with van der Waals surface area (Å²) in [5.41, 5.74) is 0. The molecule has 3 nitrogen and oxygen atoms in total. The smallest absolute Gasteiger partial charge is 0.246 e. The Morgan fingerprint density at radius 1 is 1.20 bits per heavy atom. The summed E-state index contributed by atoms with van der Waals surface area (Å²) in [4.78, 5) is 16.0. The molecule has 0 N–H and O–H groups in total. The van der Waals surface area contributed by atoms with Crippen LogP contribution in [0.1, 0.15) is 25.7 Å². The zero-order valence-corrected chi connectivity index (χ0v) is 9.48. The van der Waals surface area contributed by atoms with E-state index in [9.17, 15) is 4.79 Å². The lowest BCUT2D eigenvalue weighted by molar-refractivity contribution is -0.125. The van der Waals surface area contributed by atoms with Crippen LogP contribution >= 0.6 is 0 Å². The molecular weight excluding hydrogens is 188 g/mol. The number of carbonyl (C=O) groups excluding carboxylic acids is 1. The first-order chi connectivity index (χ1) is 7.27. The molecule has 3 heteroatoms. The summed E-state index contributed by atoms with van der Waals surface area (Å²) in [5.74, 6) is 0.202. The number of nitrogens with zero attached hydrogens (tertiary/aromatic N) is 2. The molecule has 1 amide bonds. The van der Waals surface area contributed by atoms with Gasteiger partial charge >= 0.3 is 0 Å². The first kappa shape index (κ1) is 10.7. The van der Waals surface area contributed by atoms with Gasteiger partial charge in [0.15, 0.2) is 0 Å². The predicted molar refractivity (Wildman–Crippen MR) is 60.6 cm³/mol. The third-order valence-electron chi connectivity index (χ3n) is 3.46. The van der Waals surface area contributed by atoms with Crippen molar-refractivity contribution in [2.24, 2.45) is 0 Å². The van der Waals surface area contributed by atoms with E-state index in [1.165, 1.54) is 25.7 Å². The highest BCUT2D eigenvalue weighted by molar-refractivity contribution is 5.87. The molecule has 0 aromatic carbocycles. The summed E-state index contributed by atoms with van der Waals surface area (Å²) >= 11 is 0. The van der Waals surface area contributed by atoms with Gasteiger partial charge in [-0.2, -0.15) is 0 Å². The van der Waals surface area contributed by atoms with E-state index in [-0.39, 0.29) is 5.91 Å². The molecule has 0 spiro atoms. The summed E-state index contributed by atoms with van der Waals surface area (Å²) in [7, 11) is 2.13. The Morgan fingerprint density at radius 3 is 2.53 bits per heavy atom. The second-order valence-electron chi connectivity index (χ2n) is 4.58. The van der Waals surface area contributed by atoms with Crippen LogP contribution in [0.2, 0.25) is 0 Å². The van der Waals surface area contributed by atoms with Crippen molar-refractivity contribution < 1.29 is 4.79 Å². The largest absolute Gasteiger partial charge is 0.339 e. The zero-order chi connectivity index (χ0) is 10.7. The van der Waals surface area contributed by atoms with Crippen LogP contribution in [0.25, 0.3) is 0 Å². The van der Waals surface area contributed by atoms with E-state index in [4.69, 9.17) is 0 Å². The van der Waals surface area contributed by atoms with Crippen LogP contribution in [0.4, 0.5) is 0 Å². The lowest BCUT2D eigenvalue weighted by Crippen LogP contribution is -2.27. The summed E-state index contributed by atoms with van der Waals surface area (Å²) in [6.45, 7) is 3.06. The number of hydrogen-bond donors (Lipinski definition) is 0. The fraction of sp³-hybridized carbons (Fsp3) is 0.750. The van der Waals surface area contributed by atoms with E-state index in [0.29, 0.717) is 6.04 Å². The molecule has 0 aromatic rings. The molecule has 2 saturated heterocycles. The molecular formula is C12H20N2O. The summed E-state index contributed by atoms with van der Waals surface area (Å²) in [6, 6.07) is 0.483. The van der Waals surface area contributed by atoms with Gasteiger partial charge < -0.3 is 4.90 Å². The monoisotopic (exact) mass is 208 g/mol. The highest BCUT2D eigenvalue weighted by Crippen LogP contribution is 2.16. The van der Waals surface area contributed by atoms with Gasteiger partial charge in [-0.25, -0.2) is 0 Å². The van der Waals surface area contributed by atoms with E-state index < -0.39 is 0 Å². The van der Waals surface area contributed by atoms with Crippen molar-refractivity contribution in [3.8, 4) is 0 Å². The van der Waals surface area contributed by atoms with Gasteiger partial charge in [-0.1, -0.05) is 6.08 Å². The quantitative estimate of drug-likeness (QED) is 0.638. The van der Waals surface area contributed by atoms with Gasteiger partial charge in [-0.15, -0.1) is 0 Å². The van der Waals surface area contributed by atoms with Crippen LogP contribution in [0, 0.1) is 0 Å². The minimum atomic E-state index is 0.202. The van der Waals surface area contributed by atoms with E-state index >= 15 is 0 Å². The Labute approximate surface area is 91.7 Å². The van der Waals surface area contributed by atoms with Crippen molar-refractivity contribution in [2.45, 2.75) is 31.7 Å². The second kappa shape index (κ2) is 4.79. The first-order valence-corrected chi connectivity index (χ1v) is 5.95. The van der Waals surface area contributed by atoms with Crippen LogP contribution in [0.15, 0.2) is 12.2 Å². The average Bonchev–Trinajstić information content (AvgIpc) is 2.85. The molecule has 15 heavy (non-hydrogen) atoms. The average molecular weight is 208 g/mol. The Kier molecular flexibility index (Phi) is 3.41. The fourth-order valence-electron chi connectivity index (χ4n) is 2.42. The predicted octanol–water partition coefficient (Wildman–Crippen LogP) is 1.26. The van der Waals surface area contributed by atoms with Crippen LogP contribution in [-0.2, 0) is 4.79 Å². The van der Waals surface area contributed by atoms with E-state index in [1.807, 2.05) is 4.90 Å². The third-order valence-corrected chi connectivity index (χ3v) is 3.46. The Balaban J connectivity index is 1.84. The second-order valence-corrected chi connectivity index (χ2v) is 4.58. The lowest BCUT2D eigenvalue weighted by atomic mass is 10.2. The number of hydrogen-bond acceptors (Lipinski definition) is 2. The van der Waals surface area contributed by atoms with E-state index in [2.05, 4.69) is 18.0 Å². The van der Waals surface area contributed by atoms with E-state index in [1.54, 1.807) is 6.08 Å². The minimum absolute atomic E-state index is 0.202. The molecule has 0 saturated carbocycles. The fourth-order valence-corrected chi connectivity index (χ4v) is 2.42. The van der Waals surface area contributed by atoms with Crippen molar-refractivity contribution in [3.05, 3.63) is 12.2 Å². The lowest BCUT2D eigenvalue weighted by Gasteiger charge is -2.16. The van der Waals surface area contributed by atoms with Crippen molar-refractivity contribution in [1.29, 1.82) is 0 Å². The number of likely N-dealkylation sites (tertiary alicyclic amines) is 2. The maximum Gasteiger partial charge on any atom is 0.246 e. The van der Waals surface area contributed by atoms with Gasteiger partial charge in [0.25, 0.3) is 0 Å². The van der Waals surface area contributed by atoms with Gasteiger partial charge in [0.1, 0.15) is 0 Å². The summed E-state index contributed by atoms with van der Waals surface area (Å²) in [5, 5.41) is 0. The zero-order valence-electron chi connectivity index (χ0n) is 9.48. The molecule has 2 heterocycles. The number of carbonyl (C=O) groups is 1. The van der Waals surface area contributed by atoms with Crippen molar-refractivity contribution in [1.82, 2.24) is 9.80 Å². The number of amides is 1. The van der Waals surface area contributed by atoms with Gasteiger partial charge in [-0.3, -0.25) is 9.69 Å². The molecule has 2 aliphatic heterocycles. The van der Waals surface area contributed by atoms with Crippen LogP contribution in [-0.4, -0.2) is 48.4 Å². The minimum Gasteiger partial charge on any atom is -0.339 e. The van der Waals surface area contributed by atoms with Crippen LogP contribution < -0.4 is 0 Å². The number of likely N-dealkylation sites (N-methyl/N-ethyl adjacent to an activating group) is 1. The third kappa shape index (κ3) is 2.59. The Bertz CT molecular complexity index is 256. The molecule has 1 atom stereocenters. The molecule has 0 aliphatic carbocycles. The maximum absolute atomic E-state index is 11.7. The van der Waals surface area contributed by atoms with Gasteiger partial charge in [-0.05, 0) is 39.3 Å². The summed E-state index contributed by atoms with van der Waals surface area (Å²) in [6.07, 6.45) is 8.64. The molecule has 2 fully saturated rings. The molecule has 0 bridgehead atoms. The van der Waals surface area contributed by atoms with Crippen molar-refractivity contribution in [2.75, 3.05) is 26.7 Å². The highest BCUT2D eigenvalue weighted by atomic mass is 16.2. The first-order valence-electron chi connectivity index (χ1n) is 5.95. The molecule has 1 unspecified atom stereocenters. The van der Waals surface area contributed by atoms with Crippen LogP contribution in [0.3, 0.4) is 0 Å². The molecule has 0 radical (unpaired) electrons. The molecule has 2 aliphatic rings. The maximum atomic E-state index is 11.7. The van der Waals surface area contributed by atoms with Gasteiger partial charge in [0.05, 0.1) is 0 Å². The molecule has 84 valence electrons. The number of rotatable bonds is 2. The van der Waals surface area contributed by atoms with Crippen LogP contribution in [0.5, 0.6) is 0 Å². The standard InChI is InChI=1S/C12H20N2O/c1-13-8-4-5-11(13)6-7-12(15)14-9-2-3-10-14/h6-7,11H,2-5,8-10H2,1H3/b7-6+. The normalized spacial score (nSPS) is 28.1. The molecule has 2 rings (SSSR count). The Morgan fingerprint density at radius 2 is 1.93 bits per heavy atom. The topological polar surface area (TPSA) is 23.6 Å². The summed E-state index contributed by atoms with van der Waals surface area (Å²) < 4.78 is 0. The van der Waals surface area contributed by atoms with Crippen molar-refractivity contribution >= 4 is 5.91 Å². The highest BCUT2D eigenvalue weighted by Gasteiger charge is 2.19. The van der Waals surface area contributed by atoms with E-state index in [0.717, 1.165) is 19.6 Å².